The highest BCUT2D eigenvalue weighted by Crippen LogP contribution is 2.11. The summed E-state index contributed by atoms with van der Waals surface area (Å²) in [6.07, 6.45) is 1.12. The zero-order valence-electron chi connectivity index (χ0n) is 12.8. The lowest BCUT2D eigenvalue weighted by Gasteiger charge is -2.19. The van der Waals surface area contributed by atoms with Gasteiger partial charge in [-0.1, -0.05) is 38.1 Å². The topological polar surface area (TPSA) is 52.3 Å². The van der Waals surface area contributed by atoms with E-state index in [-0.39, 0.29) is 5.97 Å². The number of rotatable bonds is 4. The minimum atomic E-state index is -0.402. The van der Waals surface area contributed by atoms with E-state index in [0.717, 1.165) is 11.1 Å². The number of carbonyl (C=O) groups is 1. The largest absolute Gasteiger partial charge is 0.460 e. The summed E-state index contributed by atoms with van der Waals surface area (Å²) in [7, 11) is 0. The van der Waals surface area contributed by atoms with Crippen molar-refractivity contribution in [2.75, 3.05) is 0 Å². The van der Waals surface area contributed by atoms with E-state index in [0.29, 0.717) is 19.4 Å². The Kier molecular flexibility index (Phi) is 8.08. The van der Waals surface area contributed by atoms with Crippen molar-refractivity contribution in [2.45, 2.75) is 59.6 Å². The molecule has 1 rings (SSSR count). The van der Waals surface area contributed by atoms with Crippen LogP contribution >= 0.6 is 0 Å². The molecule has 0 amide bonds. The van der Waals surface area contributed by atoms with Gasteiger partial charge in [-0.15, -0.1) is 0 Å². The third-order valence-electron chi connectivity index (χ3n) is 2.30. The molecule has 0 unspecified atom stereocenters. The molecular formula is C16H27NO2. The molecule has 0 saturated carbocycles. The number of aryl methyl sites for hydroxylation is 1. The molecule has 2 N–H and O–H groups in total. The van der Waals surface area contributed by atoms with Crippen molar-refractivity contribution in [3.8, 4) is 0 Å². The van der Waals surface area contributed by atoms with Crippen molar-refractivity contribution in [1.29, 1.82) is 0 Å². The molecule has 3 heteroatoms. The van der Waals surface area contributed by atoms with E-state index in [1.807, 2.05) is 58.9 Å². The van der Waals surface area contributed by atoms with E-state index < -0.39 is 5.60 Å². The normalized spacial score (nSPS) is 10.4. The van der Waals surface area contributed by atoms with Crippen molar-refractivity contribution in [2.24, 2.45) is 5.73 Å². The predicted octanol–water partition coefficient (Wildman–Crippen LogP) is 3.45. The summed E-state index contributed by atoms with van der Waals surface area (Å²) >= 11 is 0. The van der Waals surface area contributed by atoms with Gasteiger partial charge in [0.1, 0.15) is 5.60 Å². The molecule has 0 spiro atoms. The van der Waals surface area contributed by atoms with Crippen molar-refractivity contribution >= 4 is 5.97 Å². The molecule has 0 aliphatic carbocycles. The van der Waals surface area contributed by atoms with E-state index in [4.69, 9.17) is 10.5 Å². The molecule has 1 aromatic carbocycles. The molecule has 0 saturated heterocycles. The van der Waals surface area contributed by atoms with Crippen LogP contribution in [0.15, 0.2) is 24.3 Å². The van der Waals surface area contributed by atoms with Gasteiger partial charge in [0.05, 0.1) is 0 Å². The predicted molar refractivity (Wildman–Crippen MR) is 79.8 cm³/mol. The third kappa shape index (κ3) is 8.38. The molecule has 0 aliphatic heterocycles. The summed E-state index contributed by atoms with van der Waals surface area (Å²) in [6, 6.07) is 7.99. The summed E-state index contributed by atoms with van der Waals surface area (Å²) in [6.45, 7) is 10.2. The molecule has 19 heavy (non-hydrogen) atoms. The minimum Gasteiger partial charge on any atom is -0.460 e. The lowest BCUT2D eigenvalue weighted by Crippen LogP contribution is -2.24. The molecule has 0 bridgehead atoms. The van der Waals surface area contributed by atoms with Crippen molar-refractivity contribution in [3.63, 3.8) is 0 Å². The maximum absolute atomic E-state index is 11.5. The quantitative estimate of drug-likeness (QED) is 0.848. The summed E-state index contributed by atoms with van der Waals surface area (Å²) in [4.78, 5) is 11.5. The Hall–Kier alpha value is -1.35. The van der Waals surface area contributed by atoms with Crippen LogP contribution in [0.5, 0.6) is 0 Å². The molecule has 3 nitrogen and oxygen atoms in total. The summed E-state index contributed by atoms with van der Waals surface area (Å²) in [5, 5.41) is 0. The smallest absolute Gasteiger partial charge is 0.306 e. The average Bonchev–Trinajstić information content (AvgIpc) is 2.37. The second-order valence-corrected chi connectivity index (χ2v) is 5.11. The van der Waals surface area contributed by atoms with Gasteiger partial charge in [-0.25, -0.2) is 0 Å². The van der Waals surface area contributed by atoms with E-state index in [2.05, 4.69) is 0 Å². The standard InChI is InChI=1S/C14H21NO2.C2H6/c1-14(2,3)17-13(16)9-8-11-4-6-12(10-15)7-5-11;1-2/h4-7H,8-10,15H2,1-3H3;1-2H3. The molecule has 0 heterocycles. The number of hydrogen-bond acceptors (Lipinski definition) is 3. The Labute approximate surface area is 117 Å². The molecule has 0 aromatic heterocycles. The average molecular weight is 265 g/mol. The Morgan fingerprint density at radius 2 is 1.58 bits per heavy atom. The first-order chi connectivity index (χ1) is 8.90. The minimum absolute atomic E-state index is 0.152. The van der Waals surface area contributed by atoms with Crippen molar-refractivity contribution in [1.82, 2.24) is 0 Å². The van der Waals surface area contributed by atoms with Gasteiger partial charge in [-0.3, -0.25) is 4.79 Å². The summed E-state index contributed by atoms with van der Waals surface area (Å²) < 4.78 is 5.25. The maximum Gasteiger partial charge on any atom is 0.306 e. The molecule has 0 aliphatic rings. The fraction of sp³-hybridized carbons (Fsp3) is 0.562. The maximum atomic E-state index is 11.5. The lowest BCUT2D eigenvalue weighted by atomic mass is 10.1. The highest BCUT2D eigenvalue weighted by molar-refractivity contribution is 5.70. The van der Waals surface area contributed by atoms with Crippen LogP contribution in [-0.2, 0) is 22.5 Å². The first-order valence-electron chi connectivity index (χ1n) is 6.90. The second-order valence-electron chi connectivity index (χ2n) is 5.11. The number of hydrogen-bond donors (Lipinski definition) is 1. The number of esters is 1. The monoisotopic (exact) mass is 265 g/mol. The van der Waals surface area contributed by atoms with Gasteiger partial charge in [0, 0.05) is 13.0 Å². The Balaban J connectivity index is 0.00000154. The second kappa shape index (κ2) is 8.70. The van der Waals surface area contributed by atoms with Crippen LogP contribution in [-0.4, -0.2) is 11.6 Å². The number of ether oxygens (including phenoxy) is 1. The van der Waals surface area contributed by atoms with Gasteiger partial charge in [-0.05, 0) is 38.3 Å². The Morgan fingerprint density at radius 3 is 2.00 bits per heavy atom. The highest BCUT2D eigenvalue weighted by Gasteiger charge is 2.15. The SMILES string of the molecule is CC.CC(C)(C)OC(=O)CCc1ccc(CN)cc1. The van der Waals surface area contributed by atoms with Crippen LogP contribution < -0.4 is 5.73 Å². The molecule has 0 fully saturated rings. The highest BCUT2D eigenvalue weighted by atomic mass is 16.6. The van der Waals surface area contributed by atoms with Gasteiger partial charge in [0.15, 0.2) is 0 Å². The number of nitrogens with two attached hydrogens (primary N) is 1. The third-order valence-corrected chi connectivity index (χ3v) is 2.30. The van der Waals surface area contributed by atoms with Gasteiger partial charge in [-0.2, -0.15) is 0 Å². The van der Waals surface area contributed by atoms with E-state index in [1.54, 1.807) is 0 Å². The van der Waals surface area contributed by atoms with Crippen LogP contribution in [0, 0.1) is 0 Å². The molecule has 108 valence electrons. The zero-order valence-corrected chi connectivity index (χ0v) is 12.8. The van der Waals surface area contributed by atoms with Gasteiger partial charge < -0.3 is 10.5 Å². The Bertz CT molecular complexity index is 363. The fourth-order valence-electron chi connectivity index (χ4n) is 1.48. The van der Waals surface area contributed by atoms with Crippen LogP contribution in [0.1, 0.15) is 52.2 Å². The number of carbonyl (C=O) groups excluding carboxylic acids is 1. The lowest BCUT2D eigenvalue weighted by molar-refractivity contribution is -0.154. The Morgan fingerprint density at radius 1 is 1.11 bits per heavy atom. The molecule has 1 aromatic rings. The van der Waals surface area contributed by atoms with Gasteiger partial charge >= 0.3 is 5.97 Å². The zero-order chi connectivity index (χ0) is 14.9. The van der Waals surface area contributed by atoms with Crippen molar-refractivity contribution in [3.05, 3.63) is 35.4 Å². The van der Waals surface area contributed by atoms with Crippen LogP contribution in [0.2, 0.25) is 0 Å². The molecule has 0 atom stereocenters. The number of benzene rings is 1. The summed E-state index contributed by atoms with van der Waals surface area (Å²) in [5.41, 5.74) is 7.35. The molecule has 0 radical (unpaired) electrons. The van der Waals surface area contributed by atoms with Gasteiger partial charge in [0.25, 0.3) is 0 Å². The first kappa shape index (κ1) is 17.6. The fourth-order valence-corrected chi connectivity index (χ4v) is 1.48. The van der Waals surface area contributed by atoms with Crippen LogP contribution in [0.3, 0.4) is 0 Å². The van der Waals surface area contributed by atoms with Crippen LogP contribution in [0.25, 0.3) is 0 Å². The van der Waals surface area contributed by atoms with E-state index >= 15 is 0 Å². The van der Waals surface area contributed by atoms with E-state index in [1.165, 1.54) is 0 Å². The van der Waals surface area contributed by atoms with Crippen LogP contribution in [0.4, 0.5) is 0 Å². The first-order valence-corrected chi connectivity index (χ1v) is 6.90. The van der Waals surface area contributed by atoms with Crippen molar-refractivity contribution < 1.29 is 9.53 Å². The molecular weight excluding hydrogens is 238 g/mol. The van der Waals surface area contributed by atoms with Gasteiger partial charge in [0.2, 0.25) is 0 Å². The summed E-state index contributed by atoms with van der Waals surface area (Å²) in [5.74, 6) is -0.152. The van der Waals surface area contributed by atoms with E-state index in [9.17, 15) is 4.79 Å².